The standard InChI is InChI=1S/C18H22N4S/c1-21(2)18(23)20-12-8-14-13-5-4-6-15-17(13)11(9-19-15)7-16(14)22(3)10-12/h4-6,8-9,12,16,19H,7,10H2,1-3H3,(H,20,23)/t12-,16+/m0/s1. The summed E-state index contributed by atoms with van der Waals surface area (Å²) in [5.74, 6) is 0. The maximum atomic E-state index is 5.42. The highest BCUT2D eigenvalue weighted by molar-refractivity contribution is 7.80. The van der Waals surface area contributed by atoms with Crippen molar-refractivity contribution in [2.75, 3.05) is 27.7 Å². The molecule has 4 nitrogen and oxygen atoms in total. The highest BCUT2D eigenvalue weighted by Gasteiger charge is 2.33. The highest BCUT2D eigenvalue weighted by Crippen LogP contribution is 2.39. The molecular formula is C18H22N4S. The zero-order chi connectivity index (χ0) is 16.1. The lowest BCUT2D eigenvalue weighted by atomic mass is 9.81. The molecule has 2 aromatic rings. The molecule has 1 aliphatic heterocycles. The van der Waals surface area contributed by atoms with Gasteiger partial charge in [0.15, 0.2) is 5.11 Å². The summed E-state index contributed by atoms with van der Waals surface area (Å²) in [6, 6.07) is 7.25. The van der Waals surface area contributed by atoms with Gasteiger partial charge in [-0.25, -0.2) is 0 Å². The molecule has 2 N–H and O–H groups in total. The molecule has 5 heteroatoms. The van der Waals surface area contributed by atoms with E-state index in [1.165, 1.54) is 27.6 Å². The number of nitrogens with zero attached hydrogens (tertiary/aromatic N) is 2. The number of benzene rings is 1. The molecule has 1 aliphatic carbocycles. The van der Waals surface area contributed by atoms with Crippen LogP contribution in [0.25, 0.3) is 16.5 Å². The van der Waals surface area contributed by atoms with Crippen LogP contribution in [0, 0.1) is 0 Å². The summed E-state index contributed by atoms with van der Waals surface area (Å²) in [7, 11) is 6.17. The molecule has 0 amide bonds. The van der Waals surface area contributed by atoms with Crippen molar-refractivity contribution in [3.05, 3.63) is 41.6 Å². The number of rotatable bonds is 1. The van der Waals surface area contributed by atoms with E-state index >= 15 is 0 Å². The second kappa shape index (κ2) is 5.35. The molecular weight excluding hydrogens is 304 g/mol. The first-order valence-corrected chi connectivity index (χ1v) is 8.44. The Bertz CT molecular complexity index is 804. The molecule has 2 aliphatic rings. The third-order valence-electron chi connectivity index (χ3n) is 4.98. The lowest BCUT2D eigenvalue weighted by molar-refractivity contribution is 0.261. The van der Waals surface area contributed by atoms with Gasteiger partial charge in [-0.05, 0) is 48.5 Å². The SMILES string of the molecule is CN(C)C(=S)N[C@H]1C=C2c3cccc4[nH]cc(c34)C[C@H]2N(C)C1. The second-order valence-corrected chi connectivity index (χ2v) is 7.16. The summed E-state index contributed by atoms with van der Waals surface area (Å²) >= 11 is 5.42. The van der Waals surface area contributed by atoms with Gasteiger partial charge >= 0.3 is 0 Å². The van der Waals surface area contributed by atoms with Crippen molar-refractivity contribution in [3.63, 3.8) is 0 Å². The van der Waals surface area contributed by atoms with Crippen LogP contribution in [0.4, 0.5) is 0 Å². The molecule has 23 heavy (non-hydrogen) atoms. The van der Waals surface area contributed by atoms with Gasteiger partial charge in [0, 0.05) is 43.8 Å². The molecule has 0 fully saturated rings. The summed E-state index contributed by atoms with van der Waals surface area (Å²) in [5, 5.41) is 5.64. The third-order valence-corrected chi connectivity index (χ3v) is 5.47. The Kier molecular flexibility index (Phi) is 3.43. The van der Waals surface area contributed by atoms with Gasteiger partial charge in [0.05, 0.1) is 6.04 Å². The summed E-state index contributed by atoms with van der Waals surface area (Å²) in [6.07, 6.45) is 5.62. The first-order valence-electron chi connectivity index (χ1n) is 8.03. The van der Waals surface area contributed by atoms with Crippen molar-refractivity contribution in [2.24, 2.45) is 0 Å². The predicted octanol–water partition coefficient (Wildman–Crippen LogP) is 2.23. The Morgan fingerprint density at radius 3 is 3.00 bits per heavy atom. The number of hydrogen-bond donors (Lipinski definition) is 2. The molecule has 0 unspecified atom stereocenters. The van der Waals surface area contributed by atoms with Gasteiger partial charge in [-0.15, -0.1) is 0 Å². The minimum absolute atomic E-state index is 0.247. The monoisotopic (exact) mass is 326 g/mol. The van der Waals surface area contributed by atoms with E-state index in [1.807, 2.05) is 19.0 Å². The van der Waals surface area contributed by atoms with Crippen molar-refractivity contribution in [1.29, 1.82) is 0 Å². The Morgan fingerprint density at radius 1 is 1.39 bits per heavy atom. The first kappa shape index (κ1) is 14.7. The number of H-pyrrole nitrogens is 1. The van der Waals surface area contributed by atoms with Crippen LogP contribution < -0.4 is 5.32 Å². The van der Waals surface area contributed by atoms with E-state index in [0.29, 0.717) is 6.04 Å². The number of aromatic amines is 1. The van der Waals surface area contributed by atoms with Crippen LogP contribution in [0.5, 0.6) is 0 Å². The van der Waals surface area contributed by atoms with E-state index in [1.54, 1.807) is 0 Å². The van der Waals surface area contributed by atoms with Crippen LogP contribution in [0.3, 0.4) is 0 Å². The van der Waals surface area contributed by atoms with Crippen LogP contribution >= 0.6 is 12.2 Å². The van der Waals surface area contributed by atoms with Crippen LogP contribution in [0.1, 0.15) is 11.1 Å². The smallest absolute Gasteiger partial charge is 0.168 e. The maximum Gasteiger partial charge on any atom is 0.168 e. The number of hydrogen-bond acceptors (Lipinski definition) is 2. The molecule has 1 aromatic carbocycles. The van der Waals surface area contributed by atoms with E-state index < -0.39 is 0 Å². The third kappa shape index (κ3) is 2.35. The minimum Gasteiger partial charge on any atom is -0.361 e. The molecule has 2 heterocycles. The normalized spacial score (nSPS) is 23.3. The maximum absolute atomic E-state index is 5.42. The molecule has 0 saturated heterocycles. The van der Waals surface area contributed by atoms with E-state index in [0.717, 1.165) is 18.1 Å². The molecule has 0 bridgehead atoms. The zero-order valence-electron chi connectivity index (χ0n) is 13.8. The number of likely N-dealkylation sites (N-methyl/N-ethyl adjacent to an activating group) is 1. The molecule has 0 spiro atoms. The van der Waals surface area contributed by atoms with E-state index in [4.69, 9.17) is 12.2 Å². The summed E-state index contributed by atoms with van der Waals surface area (Å²) in [6.45, 7) is 0.970. The molecule has 1 aromatic heterocycles. The fourth-order valence-electron chi connectivity index (χ4n) is 3.83. The lowest BCUT2D eigenvalue weighted by Crippen LogP contribution is -2.51. The number of aromatic nitrogens is 1. The fourth-order valence-corrected chi connectivity index (χ4v) is 3.98. The van der Waals surface area contributed by atoms with Crippen molar-refractivity contribution in [3.8, 4) is 0 Å². The predicted molar refractivity (Wildman–Crippen MR) is 99.6 cm³/mol. The van der Waals surface area contributed by atoms with Crippen molar-refractivity contribution in [1.82, 2.24) is 20.1 Å². The summed E-state index contributed by atoms with van der Waals surface area (Å²) in [4.78, 5) is 7.81. The van der Waals surface area contributed by atoms with Gasteiger partial charge in [0.1, 0.15) is 0 Å². The van der Waals surface area contributed by atoms with Gasteiger partial charge in [-0.3, -0.25) is 4.90 Å². The van der Waals surface area contributed by atoms with Crippen LogP contribution in [-0.4, -0.2) is 59.7 Å². The van der Waals surface area contributed by atoms with Crippen LogP contribution in [0.15, 0.2) is 30.5 Å². The van der Waals surface area contributed by atoms with Crippen molar-refractivity contribution >= 4 is 33.8 Å². The van der Waals surface area contributed by atoms with E-state index in [9.17, 15) is 0 Å². The summed E-state index contributed by atoms with van der Waals surface area (Å²) < 4.78 is 0. The minimum atomic E-state index is 0.247. The van der Waals surface area contributed by atoms with Gasteiger partial charge in [-0.1, -0.05) is 18.2 Å². The molecule has 0 radical (unpaired) electrons. The first-order chi connectivity index (χ1) is 11.0. The molecule has 2 atom stereocenters. The molecule has 0 saturated carbocycles. The Hall–Kier alpha value is -1.85. The molecule has 120 valence electrons. The average Bonchev–Trinajstić information content (AvgIpc) is 2.93. The largest absolute Gasteiger partial charge is 0.361 e. The lowest BCUT2D eigenvalue weighted by Gasteiger charge is -2.40. The van der Waals surface area contributed by atoms with E-state index in [-0.39, 0.29) is 6.04 Å². The average molecular weight is 326 g/mol. The number of fused-ring (bicyclic) bond motifs is 2. The Morgan fingerprint density at radius 2 is 2.22 bits per heavy atom. The van der Waals surface area contributed by atoms with Crippen molar-refractivity contribution in [2.45, 2.75) is 18.5 Å². The van der Waals surface area contributed by atoms with Crippen molar-refractivity contribution < 1.29 is 0 Å². The molecule has 4 rings (SSSR count). The zero-order valence-corrected chi connectivity index (χ0v) is 14.6. The van der Waals surface area contributed by atoms with Gasteiger partial charge in [0.25, 0.3) is 0 Å². The quantitative estimate of drug-likeness (QED) is 0.788. The van der Waals surface area contributed by atoms with Gasteiger partial charge in [-0.2, -0.15) is 0 Å². The van der Waals surface area contributed by atoms with Gasteiger partial charge in [0.2, 0.25) is 0 Å². The van der Waals surface area contributed by atoms with E-state index in [2.05, 4.69) is 52.7 Å². The van der Waals surface area contributed by atoms with Crippen LogP contribution in [-0.2, 0) is 6.42 Å². The fraction of sp³-hybridized carbons (Fsp3) is 0.389. The second-order valence-electron chi connectivity index (χ2n) is 6.77. The van der Waals surface area contributed by atoms with Gasteiger partial charge < -0.3 is 15.2 Å². The summed E-state index contributed by atoms with van der Waals surface area (Å²) in [5.41, 5.74) is 5.46. The Labute approximate surface area is 142 Å². The highest BCUT2D eigenvalue weighted by atomic mass is 32.1. The Balaban J connectivity index is 1.77. The number of nitrogens with one attached hydrogen (secondary N) is 2. The van der Waals surface area contributed by atoms with Crippen LogP contribution in [0.2, 0.25) is 0 Å². The number of thiocarbonyl (C=S) groups is 1. The topological polar surface area (TPSA) is 34.3 Å².